The normalized spacial score (nSPS) is 10.9. The average molecular weight is 182 g/mol. The molecule has 0 aromatic heterocycles. The molecule has 1 aromatic rings. The van der Waals surface area contributed by atoms with Crippen molar-refractivity contribution < 1.29 is 4.39 Å². The smallest absolute Gasteiger partial charge is 0.123 e. The fraction of sp³-hybridized carbons (Fsp3) is 0.200. The molecule has 1 aromatic carbocycles. The fourth-order valence-corrected chi connectivity index (χ4v) is 1.11. The maximum Gasteiger partial charge on any atom is 0.123 e. The van der Waals surface area contributed by atoms with Crippen molar-refractivity contribution in [1.29, 1.82) is 0 Å². The van der Waals surface area contributed by atoms with E-state index in [0.717, 1.165) is 11.1 Å². The van der Waals surface area contributed by atoms with Crippen LogP contribution in [-0.4, -0.2) is 5.75 Å². The molecule has 0 atom stereocenters. The van der Waals surface area contributed by atoms with Crippen LogP contribution in [0.1, 0.15) is 11.1 Å². The minimum atomic E-state index is -0.185. The van der Waals surface area contributed by atoms with Gasteiger partial charge in [-0.25, -0.2) is 4.39 Å². The third-order valence-electron chi connectivity index (χ3n) is 1.63. The van der Waals surface area contributed by atoms with Gasteiger partial charge >= 0.3 is 0 Å². The Morgan fingerprint density at radius 1 is 1.50 bits per heavy atom. The third-order valence-corrected chi connectivity index (χ3v) is 1.85. The zero-order valence-electron chi connectivity index (χ0n) is 6.92. The van der Waals surface area contributed by atoms with E-state index in [4.69, 9.17) is 0 Å². The first-order valence-electron chi connectivity index (χ1n) is 3.77. The Morgan fingerprint density at radius 2 is 2.25 bits per heavy atom. The van der Waals surface area contributed by atoms with Gasteiger partial charge in [0.1, 0.15) is 5.82 Å². The number of halogens is 1. The topological polar surface area (TPSA) is 0 Å². The lowest BCUT2D eigenvalue weighted by atomic mass is 10.1. The van der Waals surface area contributed by atoms with Gasteiger partial charge in [-0.3, -0.25) is 0 Å². The minimum Gasteiger partial charge on any atom is -0.207 e. The molecule has 0 aliphatic rings. The number of hydrogen-bond donors (Lipinski definition) is 1. The second-order valence-corrected chi connectivity index (χ2v) is 2.95. The van der Waals surface area contributed by atoms with Gasteiger partial charge in [0, 0.05) is 5.75 Å². The second kappa shape index (κ2) is 4.31. The predicted octanol–water partition coefficient (Wildman–Crippen LogP) is 3.08. The van der Waals surface area contributed by atoms with Gasteiger partial charge in [-0.2, -0.15) is 12.6 Å². The molecule has 0 amide bonds. The molecule has 0 saturated carbocycles. The summed E-state index contributed by atoms with van der Waals surface area (Å²) in [5.41, 5.74) is 2.00. The number of hydrogen-bond acceptors (Lipinski definition) is 1. The van der Waals surface area contributed by atoms with Gasteiger partial charge in [-0.15, -0.1) is 0 Å². The van der Waals surface area contributed by atoms with Crippen molar-refractivity contribution in [2.24, 2.45) is 0 Å². The van der Waals surface area contributed by atoms with Crippen LogP contribution in [0.2, 0.25) is 0 Å². The summed E-state index contributed by atoms with van der Waals surface area (Å²) in [5.74, 6) is 0.520. The molecule has 64 valence electrons. The summed E-state index contributed by atoms with van der Waals surface area (Å²) in [6.07, 6.45) is 3.88. The highest BCUT2D eigenvalue weighted by atomic mass is 32.1. The molecule has 0 spiro atoms. The van der Waals surface area contributed by atoms with Gasteiger partial charge < -0.3 is 0 Å². The summed E-state index contributed by atoms with van der Waals surface area (Å²) in [4.78, 5) is 0. The lowest BCUT2D eigenvalue weighted by Gasteiger charge is -1.98. The molecule has 0 fully saturated rings. The molecule has 0 aliphatic heterocycles. The molecule has 0 aliphatic carbocycles. The first-order chi connectivity index (χ1) is 5.74. The monoisotopic (exact) mass is 182 g/mol. The van der Waals surface area contributed by atoms with Crippen LogP contribution in [0.3, 0.4) is 0 Å². The maximum atomic E-state index is 12.6. The van der Waals surface area contributed by atoms with E-state index in [0.29, 0.717) is 5.75 Å². The van der Waals surface area contributed by atoms with Crippen molar-refractivity contribution in [3.05, 3.63) is 41.2 Å². The summed E-state index contributed by atoms with van der Waals surface area (Å²) < 4.78 is 12.6. The van der Waals surface area contributed by atoms with Crippen LogP contribution in [0.25, 0.3) is 6.08 Å². The molecule has 1 rings (SSSR count). The van der Waals surface area contributed by atoms with Crippen molar-refractivity contribution in [3.8, 4) is 0 Å². The largest absolute Gasteiger partial charge is 0.207 e. The Kier molecular flexibility index (Phi) is 3.35. The summed E-state index contributed by atoms with van der Waals surface area (Å²) >= 11 is 4.04. The van der Waals surface area contributed by atoms with Crippen LogP contribution in [-0.2, 0) is 0 Å². The van der Waals surface area contributed by atoms with Crippen LogP contribution in [0.5, 0.6) is 0 Å². The second-order valence-electron chi connectivity index (χ2n) is 2.59. The average Bonchev–Trinajstić information content (AvgIpc) is 2.03. The molecule has 0 heterocycles. The zero-order chi connectivity index (χ0) is 8.97. The Balaban J connectivity index is 2.94. The van der Waals surface area contributed by atoms with Gasteiger partial charge in [-0.05, 0) is 30.2 Å². The van der Waals surface area contributed by atoms with Gasteiger partial charge in [0.15, 0.2) is 0 Å². The highest BCUT2D eigenvalue weighted by molar-refractivity contribution is 7.80. The maximum absolute atomic E-state index is 12.6. The highest BCUT2D eigenvalue weighted by Crippen LogP contribution is 2.11. The van der Waals surface area contributed by atoms with E-state index in [-0.39, 0.29) is 5.82 Å². The summed E-state index contributed by atoms with van der Waals surface area (Å²) in [6, 6.07) is 4.76. The zero-order valence-corrected chi connectivity index (χ0v) is 7.81. The molecule has 0 unspecified atom stereocenters. The van der Waals surface area contributed by atoms with Gasteiger partial charge in [0.05, 0.1) is 0 Å². The molecular weight excluding hydrogens is 171 g/mol. The third kappa shape index (κ3) is 2.38. The highest BCUT2D eigenvalue weighted by Gasteiger charge is 1.94. The molecule has 0 nitrogen and oxygen atoms in total. The molecule has 0 N–H and O–H groups in total. The standard InChI is InChI=1S/C10H11FS/c1-8-7-10(11)5-4-9(8)3-2-6-12/h2-5,7,12H,6H2,1H3. The number of rotatable bonds is 2. The lowest BCUT2D eigenvalue weighted by Crippen LogP contribution is -1.82. The van der Waals surface area contributed by atoms with Crippen LogP contribution >= 0.6 is 12.6 Å². The predicted molar refractivity (Wildman–Crippen MR) is 54.0 cm³/mol. The summed E-state index contributed by atoms with van der Waals surface area (Å²) in [5, 5.41) is 0. The van der Waals surface area contributed by atoms with Crippen LogP contribution < -0.4 is 0 Å². The first kappa shape index (κ1) is 9.33. The van der Waals surface area contributed by atoms with E-state index in [1.54, 1.807) is 6.07 Å². The molecular formula is C10H11FS. The Morgan fingerprint density at radius 3 is 2.83 bits per heavy atom. The van der Waals surface area contributed by atoms with Gasteiger partial charge in [0.2, 0.25) is 0 Å². The van der Waals surface area contributed by atoms with Crippen LogP contribution in [0.4, 0.5) is 4.39 Å². The van der Waals surface area contributed by atoms with Crippen molar-refractivity contribution >= 4 is 18.7 Å². The van der Waals surface area contributed by atoms with Crippen molar-refractivity contribution in [1.82, 2.24) is 0 Å². The molecule has 2 heteroatoms. The van der Waals surface area contributed by atoms with E-state index in [9.17, 15) is 4.39 Å². The fourth-order valence-electron chi connectivity index (χ4n) is 1.01. The van der Waals surface area contributed by atoms with E-state index in [2.05, 4.69) is 12.6 Å². The molecule has 0 radical (unpaired) electrons. The van der Waals surface area contributed by atoms with Crippen LogP contribution in [0, 0.1) is 12.7 Å². The van der Waals surface area contributed by atoms with Crippen molar-refractivity contribution in [3.63, 3.8) is 0 Å². The van der Waals surface area contributed by atoms with Crippen LogP contribution in [0.15, 0.2) is 24.3 Å². The quantitative estimate of drug-likeness (QED) is 0.668. The molecule has 0 saturated heterocycles. The number of thiol groups is 1. The van der Waals surface area contributed by atoms with E-state index >= 15 is 0 Å². The van der Waals surface area contributed by atoms with E-state index < -0.39 is 0 Å². The SMILES string of the molecule is Cc1cc(F)ccc1C=CCS. The van der Waals surface area contributed by atoms with Gasteiger partial charge in [-0.1, -0.05) is 18.2 Å². The summed E-state index contributed by atoms with van der Waals surface area (Å²) in [6.45, 7) is 1.89. The number of aryl methyl sites for hydroxylation is 1. The Hall–Kier alpha value is -0.760. The molecule has 0 bridgehead atoms. The number of benzene rings is 1. The lowest BCUT2D eigenvalue weighted by molar-refractivity contribution is 0.626. The Bertz CT molecular complexity index is 292. The van der Waals surface area contributed by atoms with Crippen molar-refractivity contribution in [2.45, 2.75) is 6.92 Å². The minimum absolute atomic E-state index is 0.185. The van der Waals surface area contributed by atoms with Crippen molar-refractivity contribution in [2.75, 3.05) is 5.75 Å². The summed E-state index contributed by atoms with van der Waals surface area (Å²) in [7, 11) is 0. The first-order valence-corrected chi connectivity index (χ1v) is 4.41. The van der Waals surface area contributed by atoms with E-state index in [1.165, 1.54) is 12.1 Å². The Labute approximate surface area is 77.5 Å². The molecule has 12 heavy (non-hydrogen) atoms. The van der Waals surface area contributed by atoms with E-state index in [1.807, 2.05) is 19.1 Å². The van der Waals surface area contributed by atoms with Gasteiger partial charge in [0.25, 0.3) is 0 Å².